The molecule has 0 fully saturated rings. The van der Waals surface area contributed by atoms with E-state index in [2.05, 4.69) is 0 Å². The van der Waals surface area contributed by atoms with Crippen LogP contribution in [0, 0.1) is 6.92 Å². The third kappa shape index (κ3) is 2.05. The Labute approximate surface area is 86.8 Å². The number of hydrogen-bond donors (Lipinski definition) is 1. The maximum absolute atomic E-state index is 8.91. The molecule has 2 aromatic rings. The Morgan fingerprint density at radius 1 is 1.21 bits per heavy atom. The highest BCUT2D eigenvalue weighted by Crippen LogP contribution is 2.20. The minimum absolute atomic E-state index is 0.127. The molecule has 0 saturated heterocycles. The van der Waals surface area contributed by atoms with Gasteiger partial charge < -0.3 is 9.52 Å². The third-order valence-electron chi connectivity index (χ3n) is 2.02. The minimum atomic E-state index is 0.127. The molecule has 2 aromatic heterocycles. The summed E-state index contributed by atoms with van der Waals surface area (Å²) in [6.45, 7) is 2.07. The lowest BCUT2D eigenvalue weighted by Gasteiger charge is -1.92. The molecule has 0 aliphatic carbocycles. The molecule has 0 amide bonds. The average Bonchev–Trinajstić information content (AvgIpc) is 2.76. The standard InChI is InChI=1S/C11H12O2S/c1-8-2-3-9(13-8)6-10-4-5-11(7-12)14-10/h2-5,12H,6-7H2,1H3. The molecular formula is C11H12O2S. The van der Waals surface area contributed by atoms with E-state index in [1.807, 2.05) is 31.2 Å². The van der Waals surface area contributed by atoms with Crippen LogP contribution in [0.3, 0.4) is 0 Å². The fourth-order valence-corrected chi connectivity index (χ4v) is 2.24. The van der Waals surface area contributed by atoms with Crippen molar-refractivity contribution in [3.05, 3.63) is 45.5 Å². The van der Waals surface area contributed by atoms with Crippen molar-refractivity contribution in [2.75, 3.05) is 0 Å². The highest BCUT2D eigenvalue weighted by atomic mass is 32.1. The number of thiophene rings is 1. The molecule has 0 saturated carbocycles. The topological polar surface area (TPSA) is 33.4 Å². The lowest BCUT2D eigenvalue weighted by atomic mass is 10.3. The van der Waals surface area contributed by atoms with E-state index in [4.69, 9.17) is 9.52 Å². The molecule has 0 aliphatic rings. The fraction of sp³-hybridized carbons (Fsp3) is 0.273. The Morgan fingerprint density at radius 3 is 2.57 bits per heavy atom. The molecule has 0 aromatic carbocycles. The Bertz CT molecular complexity index is 414. The van der Waals surface area contributed by atoms with E-state index in [9.17, 15) is 0 Å². The van der Waals surface area contributed by atoms with Crippen LogP contribution in [0.4, 0.5) is 0 Å². The fourth-order valence-electron chi connectivity index (χ4n) is 1.35. The number of aliphatic hydroxyl groups is 1. The van der Waals surface area contributed by atoms with Gasteiger partial charge in [0.2, 0.25) is 0 Å². The number of rotatable bonds is 3. The second kappa shape index (κ2) is 3.98. The maximum Gasteiger partial charge on any atom is 0.109 e. The van der Waals surface area contributed by atoms with Gasteiger partial charge in [0.15, 0.2) is 0 Å². The van der Waals surface area contributed by atoms with Crippen LogP contribution in [0.2, 0.25) is 0 Å². The molecule has 3 heteroatoms. The summed E-state index contributed by atoms with van der Waals surface area (Å²) < 4.78 is 5.47. The molecule has 2 heterocycles. The van der Waals surface area contributed by atoms with E-state index in [-0.39, 0.29) is 6.61 Å². The first-order valence-electron chi connectivity index (χ1n) is 4.51. The van der Waals surface area contributed by atoms with Crippen molar-refractivity contribution in [1.29, 1.82) is 0 Å². The van der Waals surface area contributed by atoms with Crippen molar-refractivity contribution in [1.82, 2.24) is 0 Å². The number of aryl methyl sites for hydroxylation is 1. The Kier molecular flexibility index (Phi) is 2.70. The first kappa shape index (κ1) is 9.49. The Hall–Kier alpha value is -1.06. The van der Waals surface area contributed by atoms with Crippen molar-refractivity contribution in [3.63, 3.8) is 0 Å². The quantitative estimate of drug-likeness (QED) is 0.841. The Morgan fingerprint density at radius 2 is 2.00 bits per heavy atom. The molecule has 0 radical (unpaired) electrons. The van der Waals surface area contributed by atoms with Crippen molar-refractivity contribution in [3.8, 4) is 0 Å². The van der Waals surface area contributed by atoms with Crippen molar-refractivity contribution in [2.45, 2.75) is 20.0 Å². The maximum atomic E-state index is 8.91. The predicted octanol–water partition coefficient (Wildman–Crippen LogP) is 2.73. The van der Waals surface area contributed by atoms with Gasteiger partial charge in [-0.2, -0.15) is 0 Å². The first-order chi connectivity index (χ1) is 6.78. The molecule has 0 unspecified atom stereocenters. The molecular weight excluding hydrogens is 196 g/mol. The zero-order chi connectivity index (χ0) is 9.97. The SMILES string of the molecule is Cc1ccc(Cc2ccc(CO)s2)o1. The lowest BCUT2D eigenvalue weighted by Crippen LogP contribution is -1.78. The van der Waals surface area contributed by atoms with Crippen LogP contribution >= 0.6 is 11.3 Å². The minimum Gasteiger partial charge on any atom is -0.466 e. The van der Waals surface area contributed by atoms with Crippen molar-refractivity contribution in [2.24, 2.45) is 0 Å². The van der Waals surface area contributed by atoms with Gasteiger partial charge >= 0.3 is 0 Å². The monoisotopic (exact) mass is 208 g/mol. The van der Waals surface area contributed by atoms with Gasteiger partial charge in [0.05, 0.1) is 6.61 Å². The summed E-state index contributed by atoms with van der Waals surface area (Å²) in [5.41, 5.74) is 0. The molecule has 2 rings (SSSR count). The van der Waals surface area contributed by atoms with Gasteiger partial charge in [-0.15, -0.1) is 11.3 Å². The predicted molar refractivity (Wildman–Crippen MR) is 56.5 cm³/mol. The highest BCUT2D eigenvalue weighted by molar-refractivity contribution is 7.11. The van der Waals surface area contributed by atoms with Gasteiger partial charge in [-0.05, 0) is 31.2 Å². The van der Waals surface area contributed by atoms with Crippen LogP contribution in [0.15, 0.2) is 28.7 Å². The number of hydrogen-bond acceptors (Lipinski definition) is 3. The summed E-state index contributed by atoms with van der Waals surface area (Å²) in [5.74, 6) is 1.92. The van der Waals surface area contributed by atoms with Crippen molar-refractivity contribution < 1.29 is 9.52 Å². The molecule has 0 atom stereocenters. The van der Waals surface area contributed by atoms with E-state index in [0.717, 1.165) is 22.8 Å². The van der Waals surface area contributed by atoms with Gasteiger partial charge in [0.1, 0.15) is 11.5 Å². The molecule has 0 aliphatic heterocycles. The van der Waals surface area contributed by atoms with E-state index in [1.165, 1.54) is 4.88 Å². The summed E-state index contributed by atoms with van der Waals surface area (Å²) >= 11 is 1.63. The molecule has 14 heavy (non-hydrogen) atoms. The van der Waals surface area contributed by atoms with Crippen LogP contribution in [0.25, 0.3) is 0 Å². The molecule has 2 nitrogen and oxygen atoms in total. The smallest absolute Gasteiger partial charge is 0.109 e. The Balaban J connectivity index is 2.10. The van der Waals surface area contributed by atoms with Crippen LogP contribution in [-0.2, 0) is 13.0 Å². The van der Waals surface area contributed by atoms with Gasteiger partial charge in [0.25, 0.3) is 0 Å². The van der Waals surface area contributed by atoms with Gasteiger partial charge in [0, 0.05) is 16.2 Å². The first-order valence-corrected chi connectivity index (χ1v) is 5.33. The van der Waals surface area contributed by atoms with E-state index >= 15 is 0 Å². The van der Waals surface area contributed by atoms with E-state index < -0.39 is 0 Å². The van der Waals surface area contributed by atoms with Crippen LogP contribution in [0.1, 0.15) is 21.3 Å². The third-order valence-corrected chi connectivity index (χ3v) is 3.09. The van der Waals surface area contributed by atoms with Crippen LogP contribution < -0.4 is 0 Å². The second-order valence-corrected chi connectivity index (χ2v) is 4.47. The zero-order valence-electron chi connectivity index (χ0n) is 7.99. The van der Waals surface area contributed by atoms with Gasteiger partial charge in [-0.25, -0.2) is 0 Å². The van der Waals surface area contributed by atoms with Crippen LogP contribution in [0.5, 0.6) is 0 Å². The number of aliphatic hydroxyl groups excluding tert-OH is 1. The molecule has 0 bridgehead atoms. The largest absolute Gasteiger partial charge is 0.466 e. The summed E-state index contributed by atoms with van der Waals surface area (Å²) in [4.78, 5) is 2.23. The average molecular weight is 208 g/mol. The molecule has 1 N–H and O–H groups in total. The summed E-state index contributed by atoms with van der Waals surface area (Å²) in [6.07, 6.45) is 0.818. The summed E-state index contributed by atoms with van der Waals surface area (Å²) in [7, 11) is 0. The zero-order valence-corrected chi connectivity index (χ0v) is 8.80. The van der Waals surface area contributed by atoms with Gasteiger partial charge in [-0.3, -0.25) is 0 Å². The summed E-state index contributed by atoms with van der Waals surface area (Å²) in [6, 6.07) is 7.95. The van der Waals surface area contributed by atoms with E-state index in [1.54, 1.807) is 11.3 Å². The number of furan rings is 1. The van der Waals surface area contributed by atoms with Crippen molar-refractivity contribution >= 4 is 11.3 Å². The van der Waals surface area contributed by atoms with E-state index in [0.29, 0.717) is 0 Å². The van der Waals surface area contributed by atoms with Crippen LogP contribution in [-0.4, -0.2) is 5.11 Å². The van der Waals surface area contributed by atoms with Gasteiger partial charge in [-0.1, -0.05) is 0 Å². The normalized spacial score (nSPS) is 10.7. The highest BCUT2D eigenvalue weighted by Gasteiger charge is 2.03. The molecule has 74 valence electrons. The lowest BCUT2D eigenvalue weighted by molar-refractivity contribution is 0.285. The second-order valence-electron chi connectivity index (χ2n) is 3.22. The molecule has 0 spiro atoms. The summed E-state index contributed by atoms with van der Waals surface area (Å²) in [5, 5.41) is 8.91.